The molecule has 0 aromatic heterocycles. The highest BCUT2D eigenvalue weighted by Gasteiger charge is 2.56. The van der Waals surface area contributed by atoms with Crippen LogP contribution in [0.2, 0.25) is 0 Å². The monoisotopic (exact) mass is 208 g/mol. The molecule has 1 aliphatic rings. The topological polar surface area (TPSA) is 9.23 Å². The van der Waals surface area contributed by atoms with Crippen molar-refractivity contribution in [2.45, 2.75) is 37.8 Å². The largest absolute Gasteiger partial charge is 0.497 e. The number of methoxy groups -OCH3 is 1. The summed E-state index contributed by atoms with van der Waals surface area (Å²) in [6.07, 6.45) is 1.87. The van der Waals surface area contributed by atoms with E-state index in [9.17, 15) is 4.39 Å². The maximum Gasteiger partial charge on any atom is 0.119 e. The maximum absolute atomic E-state index is 14.1. The van der Waals surface area contributed by atoms with Crippen LogP contribution in [0.4, 0.5) is 4.39 Å². The summed E-state index contributed by atoms with van der Waals surface area (Å²) in [4.78, 5) is 0. The third kappa shape index (κ3) is 1.62. The lowest BCUT2D eigenvalue weighted by Gasteiger charge is -2.27. The van der Waals surface area contributed by atoms with Crippen LogP contribution in [0.3, 0.4) is 0 Å². The van der Waals surface area contributed by atoms with E-state index < -0.39 is 5.67 Å². The summed E-state index contributed by atoms with van der Waals surface area (Å²) in [7, 11) is 1.64. The minimum atomic E-state index is -1.15. The van der Waals surface area contributed by atoms with Crippen LogP contribution in [0.1, 0.15) is 32.3 Å². The molecule has 1 aromatic rings. The van der Waals surface area contributed by atoms with Gasteiger partial charge >= 0.3 is 0 Å². The molecule has 1 aromatic carbocycles. The van der Waals surface area contributed by atoms with Gasteiger partial charge in [-0.05, 0) is 44.4 Å². The Kier molecular flexibility index (Phi) is 2.25. The quantitative estimate of drug-likeness (QED) is 0.739. The fourth-order valence-electron chi connectivity index (χ4n) is 2.27. The molecule has 0 saturated heterocycles. The Bertz CT molecular complexity index is 361. The molecule has 1 saturated carbocycles. The summed E-state index contributed by atoms with van der Waals surface area (Å²) in [5.41, 5.74) is -0.365. The van der Waals surface area contributed by atoms with Gasteiger partial charge in [-0.2, -0.15) is 0 Å². The smallest absolute Gasteiger partial charge is 0.119 e. The highest BCUT2D eigenvalue weighted by Crippen LogP contribution is 2.57. The first kappa shape index (κ1) is 10.5. The fourth-order valence-corrected chi connectivity index (χ4v) is 2.27. The average molecular weight is 208 g/mol. The fraction of sp³-hybridized carbons (Fsp3) is 0.538. The summed E-state index contributed by atoms with van der Waals surface area (Å²) in [6.45, 7) is 3.33. The molecule has 0 heterocycles. The van der Waals surface area contributed by atoms with Crippen LogP contribution in [0.25, 0.3) is 0 Å². The molecule has 1 nitrogen and oxygen atoms in total. The highest BCUT2D eigenvalue weighted by molar-refractivity contribution is 5.40. The predicted octanol–water partition coefficient (Wildman–Crippen LogP) is 3.47. The molecule has 0 N–H and O–H groups in total. The van der Waals surface area contributed by atoms with Crippen LogP contribution in [0.5, 0.6) is 5.75 Å². The lowest BCUT2D eigenvalue weighted by Crippen LogP contribution is -2.31. The number of rotatable bonds is 3. The first-order valence-electron chi connectivity index (χ1n) is 5.33. The first-order chi connectivity index (χ1) is 6.99. The van der Waals surface area contributed by atoms with Crippen LogP contribution < -0.4 is 4.74 Å². The second-order valence-corrected chi connectivity index (χ2v) is 4.79. The van der Waals surface area contributed by atoms with Crippen molar-refractivity contribution in [3.63, 3.8) is 0 Å². The van der Waals surface area contributed by atoms with Crippen molar-refractivity contribution in [1.82, 2.24) is 0 Å². The number of hydrogen-bond donors (Lipinski definition) is 0. The van der Waals surface area contributed by atoms with E-state index in [1.165, 1.54) is 0 Å². The highest BCUT2D eigenvalue weighted by atomic mass is 19.1. The van der Waals surface area contributed by atoms with Gasteiger partial charge in [0.2, 0.25) is 0 Å². The van der Waals surface area contributed by atoms with Crippen molar-refractivity contribution in [2.24, 2.45) is 0 Å². The van der Waals surface area contributed by atoms with Crippen LogP contribution in [0, 0.1) is 0 Å². The van der Waals surface area contributed by atoms with Gasteiger partial charge in [0.05, 0.1) is 7.11 Å². The van der Waals surface area contributed by atoms with Gasteiger partial charge in [-0.3, -0.25) is 0 Å². The van der Waals surface area contributed by atoms with E-state index in [1.807, 2.05) is 24.3 Å². The van der Waals surface area contributed by atoms with E-state index in [0.29, 0.717) is 0 Å². The number of hydrogen-bond acceptors (Lipinski definition) is 1. The van der Waals surface area contributed by atoms with E-state index in [0.717, 1.165) is 24.2 Å². The molecule has 1 fully saturated rings. The predicted molar refractivity (Wildman–Crippen MR) is 59.1 cm³/mol. The number of alkyl halides is 1. The minimum absolute atomic E-state index is 0.276. The van der Waals surface area contributed by atoms with Crippen molar-refractivity contribution < 1.29 is 9.13 Å². The maximum atomic E-state index is 14.1. The third-order valence-corrected chi connectivity index (χ3v) is 3.51. The first-order valence-corrected chi connectivity index (χ1v) is 5.33. The summed E-state index contributed by atoms with van der Waals surface area (Å²) in [5, 5.41) is 0. The molecule has 0 amide bonds. The van der Waals surface area contributed by atoms with Gasteiger partial charge in [0, 0.05) is 5.41 Å². The van der Waals surface area contributed by atoms with Crippen LogP contribution in [0.15, 0.2) is 24.3 Å². The van der Waals surface area contributed by atoms with Gasteiger partial charge in [0.1, 0.15) is 11.4 Å². The van der Waals surface area contributed by atoms with Gasteiger partial charge < -0.3 is 4.74 Å². The van der Waals surface area contributed by atoms with Crippen LogP contribution in [-0.4, -0.2) is 12.8 Å². The Hall–Kier alpha value is -1.05. The molecule has 0 bridgehead atoms. The number of ether oxygens (including phenoxy) is 1. The zero-order chi connectivity index (χ0) is 11.1. The molecule has 0 radical (unpaired) electrons. The van der Waals surface area contributed by atoms with Gasteiger partial charge in [0.25, 0.3) is 0 Å². The van der Waals surface area contributed by atoms with Gasteiger partial charge in [-0.25, -0.2) is 4.39 Å². The normalized spacial score (nSPS) is 18.7. The molecule has 0 spiro atoms. The van der Waals surface area contributed by atoms with E-state index in [2.05, 4.69) is 0 Å². The molecule has 1 aliphatic carbocycles. The lowest BCUT2D eigenvalue weighted by atomic mass is 9.82. The third-order valence-electron chi connectivity index (χ3n) is 3.51. The van der Waals surface area contributed by atoms with E-state index in [-0.39, 0.29) is 5.41 Å². The second kappa shape index (κ2) is 3.22. The van der Waals surface area contributed by atoms with Gasteiger partial charge in [0.15, 0.2) is 0 Å². The SMILES string of the molecule is COc1cccc(C2(C(C)(C)F)CC2)c1. The number of benzene rings is 1. The minimum Gasteiger partial charge on any atom is -0.497 e. The molecular formula is C13H17FO. The van der Waals surface area contributed by atoms with Crippen LogP contribution >= 0.6 is 0 Å². The molecular weight excluding hydrogens is 191 g/mol. The molecule has 0 aliphatic heterocycles. The zero-order valence-corrected chi connectivity index (χ0v) is 9.51. The summed E-state index contributed by atoms with van der Waals surface area (Å²) >= 11 is 0. The summed E-state index contributed by atoms with van der Waals surface area (Å²) in [6, 6.07) is 7.77. The average Bonchev–Trinajstić information content (AvgIpc) is 2.97. The van der Waals surface area contributed by atoms with E-state index in [4.69, 9.17) is 4.74 Å². The van der Waals surface area contributed by atoms with Gasteiger partial charge in [-0.1, -0.05) is 12.1 Å². The number of halogens is 1. The van der Waals surface area contributed by atoms with Crippen molar-refractivity contribution in [3.8, 4) is 5.75 Å². The Morgan fingerprint density at radius 3 is 2.47 bits per heavy atom. The van der Waals surface area contributed by atoms with Crippen LogP contribution in [-0.2, 0) is 5.41 Å². The lowest BCUT2D eigenvalue weighted by molar-refractivity contribution is 0.156. The van der Waals surface area contributed by atoms with E-state index in [1.54, 1.807) is 21.0 Å². The Labute approximate surface area is 90.3 Å². The molecule has 2 heteroatoms. The summed E-state index contributed by atoms with van der Waals surface area (Å²) in [5.74, 6) is 0.808. The Morgan fingerprint density at radius 1 is 1.33 bits per heavy atom. The molecule has 2 rings (SSSR count). The molecule has 0 atom stereocenters. The van der Waals surface area contributed by atoms with Crippen molar-refractivity contribution in [2.75, 3.05) is 7.11 Å². The van der Waals surface area contributed by atoms with Crippen molar-refractivity contribution >= 4 is 0 Å². The Morgan fingerprint density at radius 2 is 2.00 bits per heavy atom. The second-order valence-electron chi connectivity index (χ2n) is 4.79. The zero-order valence-electron chi connectivity index (χ0n) is 9.51. The van der Waals surface area contributed by atoms with Crippen molar-refractivity contribution in [1.29, 1.82) is 0 Å². The van der Waals surface area contributed by atoms with E-state index >= 15 is 0 Å². The standard InChI is InChI=1S/C13H17FO/c1-12(2,14)13(7-8-13)10-5-4-6-11(9-10)15-3/h4-6,9H,7-8H2,1-3H3. The summed E-state index contributed by atoms with van der Waals surface area (Å²) < 4.78 is 19.3. The molecule has 0 unspecified atom stereocenters. The molecule has 15 heavy (non-hydrogen) atoms. The van der Waals surface area contributed by atoms with Crippen molar-refractivity contribution in [3.05, 3.63) is 29.8 Å². The molecule has 82 valence electrons. The Balaban J connectivity index is 2.38. The van der Waals surface area contributed by atoms with Gasteiger partial charge in [-0.15, -0.1) is 0 Å².